The monoisotopic (exact) mass is 333 g/mol. The lowest BCUT2D eigenvalue weighted by molar-refractivity contribution is -0.115. The molecule has 9 heteroatoms. The van der Waals surface area contributed by atoms with Gasteiger partial charge in [0.2, 0.25) is 17.0 Å². The number of primary amides is 1. The number of hydrogen-bond acceptors (Lipinski definition) is 6. The summed E-state index contributed by atoms with van der Waals surface area (Å²) in [5.41, 5.74) is 8.56. The van der Waals surface area contributed by atoms with Crippen molar-refractivity contribution < 1.29 is 4.79 Å². The number of nitrogens with two attached hydrogens (primary N) is 1. The number of allylic oxidation sites excluding steroid dienone is 1. The average molecular weight is 333 g/mol. The highest BCUT2D eigenvalue weighted by molar-refractivity contribution is 7.98. The largest absolute Gasteiger partial charge is 0.366 e. The fourth-order valence-corrected chi connectivity index (χ4v) is 3.14. The van der Waals surface area contributed by atoms with Crippen molar-refractivity contribution in [3.8, 4) is 0 Å². The molecule has 0 unspecified atom stereocenters. The number of fused-ring (bicyclic) bond motifs is 1. The minimum atomic E-state index is -0.476. The quantitative estimate of drug-likeness (QED) is 0.817. The average Bonchev–Trinajstić information content (AvgIpc) is 3.08. The van der Waals surface area contributed by atoms with Gasteiger partial charge in [-0.05, 0) is 27.0 Å². The van der Waals surface area contributed by atoms with E-state index in [1.54, 1.807) is 4.68 Å². The molecular formula is C14H19N7OS. The summed E-state index contributed by atoms with van der Waals surface area (Å²) in [7, 11) is 0. The van der Waals surface area contributed by atoms with Crippen LogP contribution in [0.25, 0.3) is 0 Å². The zero-order valence-corrected chi connectivity index (χ0v) is 14.3. The van der Waals surface area contributed by atoms with Crippen LogP contribution in [0.3, 0.4) is 0 Å². The Balaban J connectivity index is 2.22. The highest BCUT2D eigenvalue weighted by atomic mass is 32.2. The molecule has 1 aliphatic rings. The van der Waals surface area contributed by atoms with Crippen LogP contribution in [0.2, 0.25) is 0 Å². The summed E-state index contributed by atoms with van der Waals surface area (Å²) >= 11 is 1.45. The number of nitrogens with one attached hydrogen (secondary N) is 1. The molecule has 0 fully saturated rings. The van der Waals surface area contributed by atoms with E-state index in [0.717, 1.165) is 17.8 Å². The summed E-state index contributed by atoms with van der Waals surface area (Å²) in [5.74, 6) is 0.126. The molecule has 1 atom stereocenters. The molecule has 3 heterocycles. The number of hydrogen-bond donors (Lipinski definition) is 2. The van der Waals surface area contributed by atoms with E-state index in [1.165, 1.54) is 11.8 Å². The SMILES string of the molecule is CCn1cc([C@H]2C(C(N)=O)=C(C)Nc3nc(SC)nn32)c(C)n1. The highest BCUT2D eigenvalue weighted by Gasteiger charge is 2.35. The lowest BCUT2D eigenvalue weighted by Crippen LogP contribution is -2.32. The predicted octanol–water partition coefficient (Wildman–Crippen LogP) is 1.30. The summed E-state index contributed by atoms with van der Waals surface area (Å²) in [4.78, 5) is 16.5. The van der Waals surface area contributed by atoms with Gasteiger partial charge in [-0.15, -0.1) is 5.10 Å². The summed E-state index contributed by atoms with van der Waals surface area (Å²) in [6, 6.07) is -0.419. The molecule has 1 aliphatic heterocycles. The highest BCUT2D eigenvalue weighted by Crippen LogP contribution is 2.36. The molecule has 1 amide bonds. The first-order valence-electron chi connectivity index (χ1n) is 7.28. The van der Waals surface area contributed by atoms with Crippen LogP contribution in [-0.2, 0) is 11.3 Å². The Bertz CT molecular complexity index is 804. The van der Waals surface area contributed by atoms with Gasteiger partial charge in [-0.2, -0.15) is 10.1 Å². The Morgan fingerprint density at radius 1 is 1.43 bits per heavy atom. The molecule has 122 valence electrons. The number of rotatable bonds is 4. The topological polar surface area (TPSA) is 104 Å². The van der Waals surface area contributed by atoms with Crippen molar-refractivity contribution in [1.29, 1.82) is 0 Å². The van der Waals surface area contributed by atoms with Gasteiger partial charge in [0.1, 0.15) is 6.04 Å². The standard InChI is InChI=1S/C14H19N7OS/c1-5-20-6-9(7(2)18-20)11-10(12(15)22)8(3)16-13-17-14(23-4)19-21(11)13/h6,11H,5H2,1-4H3,(H2,15,22)(H,16,17,19)/t11-/m0/s1. The van der Waals surface area contributed by atoms with E-state index in [1.807, 2.05) is 37.9 Å². The first-order valence-corrected chi connectivity index (χ1v) is 8.50. The zero-order chi connectivity index (χ0) is 16.7. The van der Waals surface area contributed by atoms with Crippen LogP contribution in [0, 0.1) is 6.92 Å². The van der Waals surface area contributed by atoms with Crippen LogP contribution in [0.4, 0.5) is 5.95 Å². The molecule has 0 spiro atoms. The predicted molar refractivity (Wildman–Crippen MR) is 88.1 cm³/mol. The van der Waals surface area contributed by atoms with Crippen LogP contribution in [-0.4, -0.2) is 36.7 Å². The number of carbonyl (C=O) groups is 1. The second-order valence-electron chi connectivity index (χ2n) is 5.32. The van der Waals surface area contributed by atoms with Gasteiger partial charge in [0.25, 0.3) is 0 Å². The van der Waals surface area contributed by atoms with E-state index in [2.05, 4.69) is 20.5 Å². The summed E-state index contributed by atoms with van der Waals surface area (Å²) in [6.07, 6.45) is 3.84. The maximum Gasteiger partial charge on any atom is 0.248 e. The number of amides is 1. The molecule has 0 bridgehead atoms. The third-order valence-electron chi connectivity index (χ3n) is 3.88. The fraction of sp³-hybridized carbons (Fsp3) is 0.429. The van der Waals surface area contributed by atoms with Gasteiger partial charge < -0.3 is 11.1 Å². The molecule has 3 N–H and O–H groups in total. The number of aryl methyl sites for hydroxylation is 2. The Morgan fingerprint density at radius 3 is 2.74 bits per heavy atom. The van der Waals surface area contributed by atoms with Crippen LogP contribution in [0.1, 0.15) is 31.1 Å². The Morgan fingerprint density at radius 2 is 2.17 bits per heavy atom. The van der Waals surface area contributed by atoms with E-state index in [-0.39, 0.29) is 0 Å². The zero-order valence-electron chi connectivity index (χ0n) is 13.5. The van der Waals surface area contributed by atoms with E-state index in [4.69, 9.17) is 5.73 Å². The molecule has 8 nitrogen and oxygen atoms in total. The molecule has 0 aromatic carbocycles. The molecule has 23 heavy (non-hydrogen) atoms. The third-order valence-corrected chi connectivity index (χ3v) is 4.42. The number of aromatic nitrogens is 5. The van der Waals surface area contributed by atoms with Gasteiger partial charge >= 0.3 is 0 Å². The van der Waals surface area contributed by atoms with Gasteiger partial charge in [-0.1, -0.05) is 11.8 Å². The van der Waals surface area contributed by atoms with Crippen LogP contribution in [0.15, 0.2) is 22.6 Å². The number of carbonyl (C=O) groups excluding carboxylic acids is 1. The Kier molecular flexibility index (Phi) is 3.88. The molecule has 0 aliphatic carbocycles. The fourth-order valence-electron chi connectivity index (χ4n) is 2.79. The van der Waals surface area contributed by atoms with Crippen molar-refractivity contribution in [1.82, 2.24) is 24.5 Å². The van der Waals surface area contributed by atoms with Crippen LogP contribution < -0.4 is 11.1 Å². The first-order chi connectivity index (χ1) is 11.0. The molecule has 0 radical (unpaired) electrons. The van der Waals surface area contributed by atoms with Crippen LogP contribution in [0.5, 0.6) is 0 Å². The molecule has 0 saturated heterocycles. The van der Waals surface area contributed by atoms with E-state index < -0.39 is 11.9 Å². The van der Waals surface area contributed by atoms with Crippen molar-refractivity contribution in [3.05, 3.63) is 28.7 Å². The van der Waals surface area contributed by atoms with Gasteiger partial charge in [-0.3, -0.25) is 9.48 Å². The molecule has 0 saturated carbocycles. The summed E-state index contributed by atoms with van der Waals surface area (Å²) in [6.45, 7) is 6.51. The van der Waals surface area contributed by atoms with Crippen molar-refractivity contribution >= 4 is 23.6 Å². The van der Waals surface area contributed by atoms with E-state index in [9.17, 15) is 4.79 Å². The second-order valence-corrected chi connectivity index (χ2v) is 6.10. The maximum absolute atomic E-state index is 12.1. The van der Waals surface area contributed by atoms with E-state index >= 15 is 0 Å². The lowest BCUT2D eigenvalue weighted by Gasteiger charge is -2.27. The number of anilines is 1. The molecular weight excluding hydrogens is 314 g/mol. The van der Waals surface area contributed by atoms with Gasteiger partial charge in [0.05, 0.1) is 11.3 Å². The molecule has 2 aromatic heterocycles. The van der Waals surface area contributed by atoms with Gasteiger partial charge in [0, 0.05) is 24.0 Å². The normalized spacial score (nSPS) is 17.1. The second kappa shape index (κ2) is 5.73. The third kappa shape index (κ3) is 2.50. The van der Waals surface area contributed by atoms with Gasteiger partial charge in [0.15, 0.2) is 0 Å². The molecule has 3 rings (SSSR count). The minimum absolute atomic E-state index is 0.419. The summed E-state index contributed by atoms with van der Waals surface area (Å²) in [5, 5.41) is 12.7. The van der Waals surface area contributed by atoms with Crippen molar-refractivity contribution in [2.75, 3.05) is 11.6 Å². The first kappa shape index (κ1) is 15.6. The van der Waals surface area contributed by atoms with E-state index in [0.29, 0.717) is 22.4 Å². The van der Waals surface area contributed by atoms with Crippen LogP contribution >= 0.6 is 11.8 Å². The number of nitrogens with zero attached hydrogens (tertiary/aromatic N) is 5. The number of thioether (sulfide) groups is 1. The molecule has 2 aromatic rings. The Labute approximate surface area is 138 Å². The summed E-state index contributed by atoms with van der Waals surface area (Å²) < 4.78 is 3.55. The van der Waals surface area contributed by atoms with Crippen molar-refractivity contribution in [2.24, 2.45) is 5.73 Å². The lowest BCUT2D eigenvalue weighted by atomic mass is 9.96. The Hall–Kier alpha value is -2.29. The maximum atomic E-state index is 12.1. The van der Waals surface area contributed by atoms with Crippen molar-refractivity contribution in [2.45, 2.75) is 38.5 Å². The van der Waals surface area contributed by atoms with Crippen molar-refractivity contribution in [3.63, 3.8) is 0 Å². The smallest absolute Gasteiger partial charge is 0.248 e. The minimum Gasteiger partial charge on any atom is -0.366 e. The van der Waals surface area contributed by atoms with Gasteiger partial charge in [-0.25, -0.2) is 4.68 Å².